The highest BCUT2D eigenvalue weighted by atomic mass is 35.5. The van der Waals surface area contributed by atoms with Crippen LogP contribution in [0, 0.1) is 0 Å². The first-order valence-electron chi connectivity index (χ1n) is 9.43. The molecule has 28 heavy (non-hydrogen) atoms. The van der Waals surface area contributed by atoms with E-state index in [1.807, 2.05) is 17.0 Å². The molecule has 1 aliphatic rings. The summed E-state index contributed by atoms with van der Waals surface area (Å²) in [7, 11) is 2.06. The van der Waals surface area contributed by atoms with Gasteiger partial charge in [0.2, 0.25) is 5.89 Å². The predicted octanol–water partition coefficient (Wildman–Crippen LogP) is 3.78. The molecule has 3 rings (SSSR count). The summed E-state index contributed by atoms with van der Waals surface area (Å²) in [5, 5.41) is 1.25. The average Bonchev–Trinajstić information content (AvgIpc) is 3.11. The van der Waals surface area contributed by atoms with Gasteiger partial charge in [-0.05, 0) is 38.6 Å². The van der Waals surface area contributed by atoms with E-state index in [2.05, 4.69) is 35.7 Å². The molecule has 152 valence electrons. The fraction of sp³-hybridized carbons (Fsp3) is 0.500. The van der Waals surface area contributed by atoms with E-state index >= 15 is 0 Å². The quantitative estimate of drug-likeness (QED) is 0.705. The van der Waals surface area contributed by atoms with Crippen LogP contribution in [0.15, 0.2) is 28.9 Å². The first kappa shape index (κ1) is 21.1. The molecule has 1 amide bonds. The van der Waals surface area contributed by atoms with E-state index in [-0.39, 0.29) is 11.9 Å². The molecule has 0 atom stereocenters. The second kappa shape index (κ2) is 9.27. The third-order valence-corrected chi connectivity index (χ3v) is 5.61. The van der Waals surface area contributed by atoms with E-state index in [1.54, 1.807) is 6.07 Å². The van der Waals surface area contributed by atoms with Crippen molar-refractivity contribution < 1.29 is 9.21 Å². The lowest BCUT2D eigenvalue weighted by Crippen LogP contribution is -2.47. The molecule has 0 aliphatic carbocycles. The second-order valence-corrected chi connectivity index (χ2v) is 8.30. The first-order chi connectivity index (χ1) is 13.3. The SMILES string of the molecule is CC(C)N(Cc1nc(C(=O)N2CCN(C)CC2)co1)Cc1ccc(Cl)cc1Cl. The summed E-state index contributed by atoms with van der Waals surface area (Å²) in [6.45, 7) is 8.50. The summed E-state index contributed by atoms with van der Waals surface area (Å²) in [6.07, 6.45) is 1.46. The van der Waals surface area contributed by atoms with Crippen molar-refractivity contribution in [3.05, 3.63) is 51.7 Å². The maximum Gasteiger partial charge on any atom is 0.275 e. The number of halogens is 2. The highest BCUT2D eigenvalue weighted by Gasteiger charge is 2.24. The number of likely N-dealkylation sites (N-methyl/N-ethyl adjacent to an activating group) is 1. The Morgan fingerprint density at radius 2 is 1.93 bits per heavy atom. The molecule has 2 aromatic rings. The van der Waals surface area contributed by atoms with Crippen LogP contribution in [-0.2, 0) is 13.1 Å². The number of nitrogens with zero attached hydrogens (tertiary/aromatic N) is 4. The lowest BCUT2D eigenvalue weighted by Gasteiger charge is -2.31. The van der Waals surface area contributed by atoms with Crippen LogP contribution in [0.4, 0.5) is 0 Å². The number of oxazole rings is 1. The smallest absolute Gasteiger partial charge is 0.275 e. The van der Waals surface area contributed by atoms with E-state index in [4.69, 9.17) is 27.6 Å². The molecule has 1 aromatic heterocycles. The fourth-order valence-electron chi connectivity index (χ4n) is 3.12. The third-order valence-electron chi connectivity index (χ3n) is 5.02. The zero-order valence-electron chi connectivity index (χ0n) is 16.5. The number of carbonyl (C=O) groups excluding carboxylic acids is 1. The van der Waals surface area contributed by atoms with Gasteiger partial charge in [0.1, 0.15) is 6.26 Å². The third kappa shape index (κ3) is 5.26. The number of aromatic nitrogens is 1. The van der Waals surface area contributed by atoms with Gasteiger partial charge in [-0.2, -0.15) is 0 Å². The van der Waals surface area contributed by atoms with Crippen molar-refractivity contribution in [2.75, 3.05) is 33.2 Å². The maximum atomic E-state index is 12.6. The fourth-order valence-corrected chi connectivity index (χ4v) is 3.59. The van der Waals surface area contributed by atoms with Crippen LogP contribution in [0.1, 0.15) is 35.8 Å². The Balaban J connectivity index is 1.66. The first-order valence-corrected chi connectivity index (χ1v) is 10.2. The summed E-state index contributed by atoms with van der Waals surface area (Å²) in [5.74, 6) is 0.455. The molecule has 1 saturated heterocycles. The van der Waals surface area contributed by atoms with Gasteiger partial charge in [-0.15, -0.1) is 0 Å². The van der Waals surface area contributed by atoms with E-state index in [0.717, 1.165) is 18.7 Å². The molecular formula is C20H26Cl2N4O2. The minimum absolute atomic E-state index is 0.0695. The van der Waals surface area contributed by atoms with Crippen LogP contribution < -0.4 is 0 Å². The molecular weight excluding hydrogens is 399 g/mol. The van der Waals surface area contributed by atoms with Crippen molar-refractivity contribution in [1.82, 2.24) is 19.7 Å². The van der Waals surface area contributed by atoms with Gasteiger partial charge < -0.3 is 14.2 Å². The van der Waals surface area contributed by atoms with Gasteiger partial charge in [-0.25, -0.2) is 4.98 Å². The van der Waals surface area contributed by atoms with Crippen molar-refractivity contribution in [1.29, 1.82) is 0 Å². The Labute approximate surface area is 176 Å². The Morgan fingerprint density at radius 3 is 2.57 bits per heavy atom. The molecule has 6 nitrogen and oxygen atoms in total. The Bertz CT molecular complexity index is 816. The zero-order valence-corrected chi connectivity index (χ0v) is 18.0. The standard InChI is InChI=1S/C20H26Cl2N4O2/c1-14(2)26(11-15-4-5-16(21)10-17(15)22)12-19-23-18(13-28-19)20(27)25-8-6-24(3)7-9-25/h4-5,10,13-14H,6-9,11-12H2,1-3H3. The minimum Gasteiger partial charge on any atom is -0.447 e. The zero-order chi connectivity index (χ0) is 20.3. The highest BCUT2D eigenvalue weighted by Crippen LogP contribution is 2.24. The minimum atomic E-state index is -0.0695. The average molecular weight is 425 g/mol. The van der Waals surface area contributed by atoms with Crippen molar-refractivity contribution in [3.63, 3.8) is 0 Å². The number of hydrogen-bond acceptors (Lipinski definition) is 5. The summed E-state index contributed by atoms with van der Waals surface area (Å²) in [6, 6.07) is 5.75. The molecule has 0 N–H and O–H groups in total. The molecule has 2 heterocycles. The number of piperazine rings is 1. The number of hydrogen-bond donors (Lipinski definition) is 0. The lowest BCUT2D eigenvalue weighted by atomic mass is 10.2. The van der Waals surface area contributed by atoms with Gasteiger partial charge in [0, 0.05) is 48.8 Å². The summed E-state index contributed by atoms with van der Waals surface area (Å²) >= 11 is 12.3. The summed E-state index contributed by atoms with van der Waals surface area (Å²) < 4.78 is 5.60. The predicted molar refractivity (Wildman–Crippen MR) is 111 cm³/mol. The lowest BCUT2D eigenvalue weighted by molar-refractivity contribution is 0.0658. The van der Waals surface area contributed by atoms with Gasteiger partial charge in [0.05, 0.1) is 6.54 Å². The Kier molecular flexibility index (Phi) is 6.99. The van der Waals surface area contributed by atoms with Gasteiger partial charge in [0.15, 0.2) is 5.69 Å². The van der Waals surface area contributed by atoms with Crippen molar-refractivity contribution in [2.24, 2.45) is 0 Å². The van der Waals surface area contributed by atoms with Crippen LogP contribution in [0.5, 0.6) is 0 Å². The van der Waals surface area contributed by atoms with Gasteiger partial charge in [-0.1, -0.05) is 29.3 Å². The maximum absolute atomic E-state index is 12.6. The Hall–Kier alpha value is -1.60. The van der Waals surface area contributed by atoms with Gasteiger partial charge in [-0.3, -0.25) is 9.69 Å². The highest BCUT2D eigenvalue weighted by molar-refractivity contribution is 6.35. The van der Waals surface area contributed by atoms with Crippen LogP contribution in [0.25, 0.3) is 0 Å². The van der Waals surface area contributed by atoms with E-state index in [9.17, 15) is 4.79 Å². The topological polar surface area (TPSA) is 52.8 Å². The van der Waals surface area contributed by atoms with Crippen molar-refractivity contribution in [3.8, 4) is 0 Å². The molecule has 0 radical (unpaired) electrons. The van der Waals surface area contributed by atoms with E-state index < -0.39 is 0 Å². The normalized spacial score (nSPS) is 15.6. The molecule has 0 spiro atoms. The molecule has 1 aliphatic heterocycles. The number of carbonyl (C=O) groups is 1. The molecule has 1 aromatic carbocycles. The second-order valence-electron chi connectivity index (χ2n) is 7.46. The Morgan fingerprint density at radius 1 is 1.21 bits per heavy atom. The summed E-state index contributed by atoms with van der Waals surface area (Å²) in [5.41, 5.74) is 1.35. The van der Waals surface area contributed by atoms with Crippen molar-refractivity contribution >= 4 is 29.1 Å². The van der Waals surface area contributed by atoms with Crippen LogP contribution >= 0.6 is 23.2 Å². The molecule has 0 saturated carbocycles. The number of amides is 1. The van der Waals surface area contributed by atoms with Gasteiger partial charge >= 0.3 is 0 Å². The molecule has 1 fully saturated rings. The monoisotopic (exact) mass is 424 g/mol. The molecule has 8 heteroatoms. The van der Waals surface area contributed by atoms with E-state index in [0.29, 0.717) is 47.8 Å². The molecule has 0 bridgehead atoms. The van der Waals surface area contributed by atoms with Crippen molar-refractivity contribution in [2.45, 2.75) is 33.0 Å². The van der Waals surface area contributed by atoms with Crippen LogP contribution in [-0.4, -0.2) is 64.9 Å². The summed E-state index contributed by atoms with van der Waals surface area (Å²) in [4.78, 5) is 23.3. The molecule has 0 unspecified atom stereocenters. The van der Waals surface area contributed by atoms with Gasteiger partial charge in [0.25, 0.3) is 5.91 Å². The number of benzene rings is 1. The van der Waals surface area contributed by atoms with E-state index in [1.165, 1.54) is 6.26 Å². The number of rotatable bonds is 6. The van der Waals surface area contributed by atoms with Crippen LogP contribution in [0.3, 0.4) is 0 Å². The van der Waals surface area contributed by atoms with Crippen LogP contribution in [0.2, 0.25) is 10.0 Å². The largest absolute Gasteiger partial charge is 0.447 e.